The lowest BCUT2D eigenvalue weighted by molar-refractivity contribution is -0.121. The monoisotopic (exact) mass is 319 g/mol. The molecule has 6 heteroatoms. The Morgan fingerprint density at radius 3 is 2.91 bits per heavy atom. The van der Waals surface area contributed by atoms with Crippen molar-refractivity contribution < 1.29 is 19.4 Å². The van der Waals surface area contributed by atoms with Crippen LogP contribution in [0.1, 0.15) is 31.2 Å². The molecule has 1 aliphatic carbocycles. The fraction of sp³-hybridized carbons (Fsp3) is 0.375. The molecule has 0 saturated carbocycles. The third kappa shape index (κ3) is 2.60. The zero-order chi connectivity index (χ0) is 15.9. The first-order valence-corrected chi connectivity index (χ1v) is 7.93. The Labute approximate surface area is 132 Å². The Morgan fingerprint density at radius 1 is 1.45 bits per heavy atom. The number of hydrogen-bond acceptors (Lipinski definition) is 5. The summed E-state index contributed by atoms with van der Waals surface area (Å²) in [5.74, 6) is 0.364. The molecular formula is C16H17NO4S. The van der Waals surface area contributed by atoms with E-state index in [0.29, 0.717) is 11.3 Å². The third-order valence-electron chi connectivity index (χ3n) is 3.86. The number of ether oxygens (including phenoxy) is 1. The van der Waals surface area contributed by atoms with Crippen molar-refractivity contribution in [2.24, 2.45) is 0 Å². The van der Waals surface area contributed by atoms with Crippen LogP contribution in [0.2, 0.25) is 0 Å². The summed E-state index contributed by atoms with van der Waals surface area (Å²) in [7, 11) is 0. The van der Waals surface area contributed by atoms with Crippen molar-refractivity contribution in [3.05, 3.63) is 40.1 Å². The smallest absolute Gasteiger partial charge is 0.251 e. The second-order valence-corrected chi connectivity index (χ2v) is 6.86. The van der Waals surface area contributed by atoms with Crippen LogP contribution in [0, 0.1) is 0 Å². The number of amides is 1. The molecule has 0 fully saturated rings. The molecule has 1 amide bonds. The molecule has 2 aliphatic rings. The summed E-state index contributed by atoms with van der Waals surface area (Å²) < 4.78 is 5.78. The van der Waals surface area contributed by atoms with Gasteiger partial charge in [0.15, 0.2) is 5.78 Å². The number of fused-ring (bicyclic) bond motifs is 1. The van der Waals surface area contributed by atoms with Crippen LogP contribution in [0.3, 0.4) is 0 Å². The van der Waals surface area contributed by atoms with Crippen molar-refractivity contribution in [3.63, 3.8) is 0 Å². The lowest BCUT2D eigenvalue weighted by atomic mass is 9.90. The van der Waals surface area contributed by atoms with Gasteiger partial charge in [0.2, 0.25) is 0 Å². The average molecular weight is 319 g/mol. The zero-order valence-corrected chi connectivity index (χ0v) is 13.1. The fourth-order valence-electron chi connectivity index (χ4n) is 2.58. The van der Waals surface area contributed by atoms with E-state index in [4.69, 9.17) is 4.74 Å². The molecule has 3 rings (SSSR count). The number of aliphatic hydroxyl groups excluding tert-OH is 1. The Morgan fingerprint density at radius 2 is 2.23 bits per heavy atom. The minimum absolute atomic E-state index is 0.0238. The number of aliphatic hydroxyl groups is 1. The normalized spacial score (nSPS) is 26.0. The maximum absolute atomic E-state index is 12.4. The Balaban J connectivity index is 1.84. The molecule has 2 unspecified atom stereocenters. The van der Waals surface area contributed by atoms with E-state index in [-0.39, 0.29) is 18.1 Å². The molecule has 2 N–H and O–H groups in total. The largest absolute Gasteiger partial charge is 0.484 e. The lowest BCUT2D eigenvalue weighted by Crippen LogP contribution is -2.53. The van der Waals surface area contributed by atoms with E-state index in [1.165, 1.54) is 23.5 Å². The summed E-state index contributed by atoms with van der Waals surface area (Å²) >= 11 is 1.44. The molecule has 1 aromatic rings. The zero-order valence-electron chi connectivity index (χ0n) is 12.3. The van der Waals surface area contributed by atoms with E-state index < -0.39 is 17.7 Å². The van der Waals surface area contributed by atoms with Gasteiger partial charge in [0, 0.05) is 12.0 Å². The van der Waals surface area contributed by atoms with Gasteiger partial charge >= 0.3 is 0 Å². The first-order valence-electron chi connectivity index (χ1n) is 7.05. The van der Waals surface area contributed by atoms with E-state index in [2.05, 4.69) is 5.32 Å². The van der Waals surface area contributed by atoms with E-state index in [1.807, 2.05) is 11.4 Å². The molecule has 2 atom stereocenters. The maximum Gasteiger partial charge on any atom is 0.251 e. The van der Waals surface area contributed by atoms with Crippen LogP contribution in [0.25, 0.3) is 0 Å². The van der Waals surface area contributed by atoms with Crippen LogP contribution in [-0.4, -0.2) is 28.5 Å². The van der Waals surface area contributed by atoms with Crippen LogP contribution in [-0.2, 0) is 9.59 Å². The van der Waals surface area contributed by atoms with Crippen molar-refractivity contribution in [2.45, 2.75) is 38.0 Å². The Kier molecular flexibility index (Phi) is 3.66. The second-order valence-electron chi connectivity index (χ2n) is 5.91. The highest BCUT2D eigenvalue weighted by molar-refractivity contribution is 7.10. The predicted molar refractivity (Wildman–Crippen MR) is 82.8 cm³/mol. The summed E-state index contributed by atoms with van der Waals surface area (Å²) in [4.78, 5) is 24.3. The summed E-state index contributed by atoms with van der Waals surface area (Å²) in [5, 5.41) is 15.3. The maximum atomic E-state index is 12.4. The molecule has 116 valence electrons. The molecule has 0 bridgehead atoms. The number of carbonyl (C=O) groups excluding carboxylic acids is 2. The van der Waals surface area contributed by atoms with Gasteiger partial charge in [0.05, 0.1) is 10.9 Å². The standard InChI is InChI=1S/C16H17NO4S/c1-16(2)14(19)12(13-11(21-16)7-8-22-13)17-15(20)9-3-5-10(18)6-4-9/h3-5,7-8,12,14,19H,6H2,1-2H3,(H,17,20). The third-order valence-corrected chi connectivity index (χ3v) is 4.84. The van der Waals surface area contributed by atoms with Gasteiger partial charge in [-0.25, -0.2) is 0 Å². The fourth-order valence-corrected chi connectivity index (χ4v) is 3.47. The van der Waals surface area contributed by atoms with Crippen LogP contribution >= 0.6 is 11.3 Å². The molecule has 0 aromatic carbocycles. The van der Waals surface area contributed by atoms with Crippen LogP contribution in [0.15, 0.2) is 35.2 Å². The van der Waals surface area contributed by atoms with E-state index >= 15 is 0 Å². The first-order chi connectivity index (χ1) is 10.4. The number of hydrogen-bond donors (Lipinski definition) is 2. The van der Waals surface area contributed by atoms with Gasteiger partial charge < -0.3 is 15.2 Å². The second kappa shape index (κ2) is 5.37. The predicted octanol–water partition coefficient (Wildman–Crippen LogP) is 1.89. The highest BCUT2D eigenvalue weighted by Crippen LogP contribution is 2.42. The van der Waals surface area contributed by atoms with E-state index in [1.54, 1.807) is 19.9 Å². The minimum atomic E-state index is -0.864. The van der Waals surface area contributed by atoms with Crippen molar-refractivity contribution in [1.82, 2.24) is 5.32 Å². The SMILES string of the molecule is CC1(C)Oc2ccsc2C(NC(=O)C2=CCC(=O)C=C2)C1O. The molecule has 5 nitrogen and oxygen atoms in total. The van der Waals surface area contributed by atoms with Crippen molar-refractivity contribution in [2.75, 3.05) is 0 Å². The summed E-state index contributed by atoms with van der Waals surface area (Å²) in [5.41, 5.74) is -0.354. The summed E-state index contributed by atoms with van der Waals surface area (Å²) in [6.45, 7) is 3.58. The van der Waals surface area contributed by atoms with Gasteiger partial charge in [-0.15, -0.1) is 11.3 Å². The van der Waals surface area contributed by atoms with E-state index in [9.17, 15) is 14.7 Å². The van der Waals surface area contributed by atoms with Gasteiger partial charge in [0.1, 0.15) is 17.5 Å². The number of nitrogens with one attached hydrogen (secondary N) is 1. The van der Waals surface area contributed by atoms with Gasteiger partial charge in [-0.05, 0) is 37.4 Å². The van der Waals surface area contributed by atoms with Gasteiger partial charge in [-0.1, -0.05) is 6.08 Å². The molecule has 1 aliphatic heterocycles. The molecule has 1 aromatic heterocycles. The highest BCUT2D eigenvalue weighted by Gasteiger charge is 2.44. The number of thiophene rings is 1. The Bertz CT molecular complexity index is 686. The van der Waals surface area contributed by atoms with Gasteiger partial charge in [0.25, 0.3) is 5.91 Å². The average Bonchev–Trinajstić information content (AvgIpc) is 2.91. The molecule has 2 heterocycles. The molecule has 0 saturated heterocycles. The number of ketones is 1. The van der Waals surface area contributed by atoms with Crippen molar-refractivity contribution in [1.29, 1.82) is 0 Å². The van der Waals surface area contributed by atoms with Gasteiger partial charge in [-0.3, -0.25) is 9.59 Å². The molecule has 0 spiro atoms. The topological polar surface area (TPSA) is 75.6 Å². The number of allylic oxidation sites excluding steroid dienone is 2. The lowest BCUT2D eigenvalue weighted by Gasteiger charge is -2.40. The molecular weight excluding hydrogens is 302 g/mol. The quantitative estimate of drug-likeness (QED) is 0.873. The summed E-state index contributed by atoms with van der Waals surface area (Å²) in [6.07, 6.45) is 3.87. The van der Waals surface area contributed by atoms with Crippen molar-refractivity contribution in [3.8, 4) is 5.75 Å². The molecule has 22 heavy (non-hydrogen) atoms. The van der Waals surface area contributed by atoms with Gasteiger partial charge in [-0.2, -0.15) is 0 Å². The first kappa shape index (κ1) is 15.0. The van der Waals surface area contributed by atoms with Crippen LogP contribution < -0.4 is 10.1 Å². The highest BCUT2D eigenvalue weighted by atomic mass is 32.1. The molecule has 0 radical (unpaired) electrons. The Hall–Kier alpha value is -1.92. The summed E-state index contributed by atoms with van der Waals surface area (Å²) in [6, 6.07) is 1.31. The van der Waals surface area contributed by atoms with Crippen molar-refractivity contribution >= 4 is 23.0 Å². The van der Waals surface area contributed by atoms with E-state index in [0.717, 1.165) is 4.88 Å². The van der Waals surface area contributed by atoms with Crippen LogP contribution in [0.5, 0.6) is 5.75 Å². The van der Waals surface area contributed by atoms with Crippen LogP contribution in [0.4, 0.5) is 0 Å². The number of rotatable bonds is 2. The number of carbonyl (C=O) groups is 2. The minimum Gasteiger partial charge on any atom is -0.484 e.